The first kappa shape index (κ1) is 12.7. The molecule has 0 radical (unpaired) electrons. The highest BCUT2D eigenvalue weighted by molar-refractivity contribution is 5.82. The number of aryl methyl sites for hydroxylation is 2. The summed E-state index contributed by atoms with van der Waals surface area (Å²) in [4.78, 5) is 4.48. The Morgan fingerprint density at radius 3 is 2.75 bits per heavy atom. The van der Waals surface area contributed by atoms with E-state index in [-0.39, 0.29) is 11.6 Å². The van der Waals surface area contributed by atoms with Gasteiger partial charge in [0.1, 0.15) is 17.4 Å². The number of phenols is 1. The number of phenolic OH excluding ortho intramolecular Hbond substituents is 1. The summed E-state index contributed by atoms with van der Waals surface area (Å²) >= 11 is 0. The molecule has 0 aliphatic carbocycles. The average molecular weight is 270 g/mol. The van der Waals surface area contributed by atoms with E-state index in [1.165, 1.54) is 12.1 Å². The van der Waals surface area contributed by atoms with Gasteiger partial charge in [0.15, 0.2) is 0 Å². The second-order valence-electron chi connectivity index (χ2n) is 4.83. The highest BCUT2D eigenvalue weighted by atomic mass is 19.1. The summed E-state index contributed by atoms with van der Waals surface area (Å²) in [6, 6.07) is 9.95. The van der Waals surface area contributed by atoms with Crippen molar-refractivity contribution in [1.29, 1.82) is 0 Å². The zero-order valence-electron chi connectivity index (χ0n) is 11.4. The summed E-state index contributed by atoms with van der Waals surface area (Å²) < 4.78 is 15.3. The Labute approximate surface area is 116 Å². The molecule has 0 fully saturated rings. The van der Waals surface area contributed by atoms with Crippen molar-refractivity contribution in [3.05, 3.63) is 47.8 Å². The first-order valence-electron chi connectivity index (χ1n) is 6.56. The lowest BCUT2D eigenvalue weighted by Crippen LogP contribution is -1.98. The number of fused-ring (bicyclic) bond motifs is 1. The highest BCUT2D eigenvalue weighted by Crippen LogP contribution is 2.32. The molecule has 0 saturated heterocycles. The van der Waals surface area contributed by atoms with E-state index in [0.29, 0.717) is 23.4 Å². The molecule has 1 aromatic heterocycles. The first-order chi connectivity index (χ1) is 9.60. The normalized spacial score (nSPS) is 11.2. The van der Waals surface area contributed by atoms with Crippen molar-refractivity contribution in [3.63, 3.8) is 0 Å². The van der Waals surface area contributed by atoms with Crippen LogP contribution < -0.4 is 0 Å². The molecule has 2 aromatic carbocycles. The van der Waals surface area contributed by atoms with E-state index in [0.717, 1.165) is 11.1 Å². The molecule has 3 nitrogen and oxygen atoms in total. The van der Waals surface area contributed by atoms with Crippen molar-refractivity contribution >= 4 is 11.0 Å². The molecule has 3 rings (SSSR count). The van der Waals surface area contributed by atoms with Gasteiger partial charge in [-0.2, -0.15) is 0 Å². The maximum Gasteiger partial charge on any atom is 0.144 e. The van der Waals surface area contributed by atoms with E-state index in [2.05, 4.69) is 4.98 Å². The summed E-state index contributed by atoms with van der Waals surface area (Å²) in [6.07, 6.45) is 0. The van der Waals surface area contributed by atoms with Gasteiger partial charge in [0.2, 0.25) is 0 Å². The van der Waals surface area contributed by atoms with Gasteiger partial charge in [0.25, 0.3) is 0 Å². The first-order valence-corrected chi connectivity index (χ1v) is 6.56. The Bertz CT molecular complexity index is 793. The molecule has 0 bridgehead atoms. The van der Waals surface area contributed by atoms with E-state index in [1.54, 1.807) is 12.1 Å². The van der Waals surface area contributed by atoms with Gasteiger partial charge in [-0.15, -0.1) is 0 Å². The van der Waals surface area contributed by atoms with E-state index in [9.17, 15) is 9.50 Å². The smallest absolute Gasteiger partial charge is 0.144 e. The van der Waals surface area contributed by atoms with Crippen molar-refractivity contribution in [2.45, 2.75) is 20.4 Å². The van der Waals surface area contributed by atoms with E-state index >= 15 is 0 Å². The number of aromatic hydroxyl groups is 1. The molecule has 0 amide bonds. The lowest BCUT2D eigenvalue weighted by Gasteiger charge is -2.08. The van der Waals surface area contributed by atoms with Crippen molar-refractivity contribution in [1.82, 2.24) is 9.55 Å². The minimum Gasteiger partial charge on any atom is -0.507 e. The SMILES string of the molecule is CCn1c(-c2cc(C)ccc2O)nc2cc(F)ccc21. The second kappa shape index (κ2) is 4.63. The number of imidazole rings is 1. The zero-order chi connectivity index (χ0) is 14.3. The van der Waals surface area contributed by atoms with Crippen LogP contribution in [0.3, 0.4) is 0 Å². The van der Waals surface area contributed by atoms with Gasteiger partial charge >= 0.3 is 0 Å². The number of rotatable bonds is 2. The quantitative estimate of drug-likeness (QED) is 0.767. The maximum atomic E-state index is 13.3. The third-order valence-electron chi connectivity index (χ3n) is 3.42. The third kappa shape index (κ3) is 1.93. The van der Waals surface area contributed by atoms with Gasteiger partial charge in [-0.1, -0.05) is 11.6 Å². The van der Waals surface area contributed by atoms with Crippen LogP contribution in [0, 0.1) is 12.7 Å². The van der Waals surface area contributed by atoms with Crippen molar-refractivity contribution in [2.75, 3.05) is 0 Å². The molecule has 0 unspecified atom stereocenters. The van der Waals surface area contributed by atoms with Crippen LogP contribution in [0.2, 0.25) is 0 Å². The highest BCUT2D eigenvalue weighted by Gasteiger charge is 2.15. The lowest BCUT2D eigenvalue weighted by molar-refractivity contribution is 0.476. The Balaban J connectivity index is 2.32. The van der Waals surface area contributed by atoms with Gasteiger partial charge < -0.3 is 9.67 Å². The maximum absolute atomic E-state index is 13.3. The fraction of sp³-hybridized carbons (Fsp3) is 0.188. The molecule has 0 spiro atoms. The van der Waals surface area contributed by atoms with E-state index in [4.69, 9.17) is 0 Å². The summed E-state index contributed by atoms with van der Waals surface area (Å²) in [5.41, 5.74) is 3.18. The Kier molecular flexibility index (Phi) is 2.93. The standard InChI is InChI=1S/C16H15FN2O/c1-3-19-14-6-5-11(17)9-13(14)18-16(19)12-8-10(2)4-7-15(12)20/h4-9,20H,3H2,1-2H3. The summed E-state index contributed by atoms with van der Waals surface area (Å²) in [6.45, 7) is 4.66. The summed E-state index contributed by atoms with van der Waals surface area (Å²) in [5.74, 6) is 0.536. The topological polar surface area (TPSA) is 38.0 Å². The third-order valence-corrected chi connectivity index (χ3v) is 3.42. The molecule has 102 valence electrons. The van der Waals surface area contributed by atoms with E-state index in [1.807, 2.05) is 30.5 Å². The van der Waals surface area contributed by atoms with Gasteiger partial charge in [0, 0.05) is 12.6 Å². The fourth-order valence-corrected chi connectivity index (χ4v) is 2.46. The molecular formula is C16H15FN2O. The second-order valence-corrected chi connectivity index (χ2v) is 4.83. The largest absolute Gasteiger partial charge is 0.507 e. The molecule has 4 heteroatoms. The minimum atomic E-state index is -0.307. The van der Waals surface area contributed by atoms with Crippen LogP contribution in [0.1, 0.15) is 12.5 Å². The van der Waals surface area contributed by atoms with Gasteiger partial charge in [-0.25, -0.2) is 9.37 Å². The molecule has 0 aliphatic heterocycles. The lowest BCUT2D eigenvalue weighted by atomic mass is 10.1. The molecular weight excluding hydrogens is 255 g/mol. The van der Waals surface area contributed by atoms with Crippen LogP contribution in [0.25, 0.3) is 22.4 Å². The van der Waals surface area contributed by atoms with Crippen molar-refractivity contribution in [2.24, 2.45) is 0 Å². The van der Waals surface area contributed by atoms with Crippen LogP contribution in [-0.4, -0.2) is 14.7 Å². The molecule has 1 N–H and O–H groups in total. The van der Waals surface area contributed by atoms with Gasteiger partial charge in [0.05, 0.1) is 16.6 Å². The monoisotopic (exact) mass is 270 g/mol. The number of halogens is 1. The average Bonchev–Trinajstić information content (AvgIpc) is 2.78. The molecule has 3 aromatic rings. The Morgan fingerprint density at radius 1 is 1.20 bits per heavy atom. The van der Waals surface area contributed by atoms with E-state index < -0.39 is 0 Å². The predicted octanol–water partition coefficient (Wildman–Crippen LogP) is 3.88. The Hall–Kier alpha value is -2.36. The molecule has 1 heterocycles. The Morgan fingerprint density at radius 2 is 2.00 bits per heavy atom. The van der Waals surface area contributed by atoms with Gasteiger partial charge in [-0.05, 0) is 38.1 Å². The number of aromatic nitrogens is 2. The van der Waals surface area contributed by atoms with Crippen LogP contribution in [0.5, 0.6) is 5.75 Å². The van der Waals surface area contributed by atoms with Crippen LogP contribution in [-0.2, 0) is 6.54 Å². The zero-order valence-corrected chi connectivity index (χ0v) is 11.4. The van der Waals surface area contributed by atoms with Crippen LogP contribution in [0.4, 0.5) is 4.39 Å². The van der Waals surface area contributed by atoms with Crippen LogP contribution in [0.15, 0.2) is 36.4 Å². The summed E-state index contributed by atoms with van der Waals surface area (Å²) in [7, 11) is 0. The molecule has 0 saturated carbocycles. The van der Waals surface area contributed by atoms with Crippen molar-refractivity contribution in [3.8, 4) is 17.1 Å². The molecule has 20 heavy (non-hydrogen) atoms. The van der Waals surface area contributed by atoms with Gasteiger partial charge in [-0.3, -0.25) is 0 Å². The fourth-order valence-electron chi connectivity index (χ4n) is 2.46. The van der Waals surface area contributed by atoms with Crippen LogP contribution >= 0.6 is 0 Å². The number of hydrogen-bond donors (Lipinski definition) is 1. The summed E-state index contributed by atoms with van der Waals surface area (Å²) in [5, 5.41) is 10.1. The number of nitrogens with zero attached hydrogens (tertiary/aromatic N) is 2. The number of hydrogen-bond acceptors (Lipinski definition) is 2. The van der Waals surface area contributed by atoms with Crippen molar-refractivity contribution < 1.29 is 9.50 Å². The number of benzene rings is 2. The minimum absolute atomic E-state index is 0.182. The predicted molar refractivity (Wildman–Crippen MR) is 77.2 cm³/mol. The molecule has 0 aliphatic rings. The molecule has 0 atom stereocenters.